The first-order valence-electron chi connectivity index (χ1n) is 3.94. The molecule has 8 nitrogen and oxygen atoms in total. The molecule has 1 heterocycles. The van der Waals surface area contributed by atoms with Crippen LogP contribution in [0, 0.1) is 10.1 Å². The van der Waals surface area contributed by atoms with E-state index in [4.69, 9.17) is 16.8 Å². The van der Waals surface area contributed by atoms with E-state index < -0.39 is 16.2 Å². The topological polar surface area (TPSA) is 111 Å². The summed E-state index contributed by atoms with van der Waals surface area (Å²) in [7, 11) is 0. The molecule has 2 rings (SSSR count). The van der Waals surface area contributed by atoms with Crippen LogP contribution in [0.1, 0.15) is 0 Å². The standard InChI is InChI=1S/C7H3ClN4O4/c8-6-4(12(15)16)2-1-3-5(6)7(13)11(14)10-9-3/h1-2,14H. The van der Waals surface area contributed by atoms with Crippen molar-refractivity contribution in [3.05, 3.63) is 37.6 Å². The van der Waals surface area contributed by atoms with Crippen LogP contribution in [0.2, 0.25) is 5.02 Å². The molecule has 0 fully saturated rings. The van der Waals surface area contributed by atoms with E-state index in [-0.39, 0.29) is 20.8 Å². The minimum Gasteiger partial charge on any atom is -0.407 e. The van der Waals surface area contributed by atoms with Gasteiger partial charge in [0.25, 0.3) is 5.69 Å². The predicted molar refractivity (Wildman–Crippen MR) is 52.6 cm³/mol. The predicted octanol–water partition coefficient (Wildman–Crippen LogP) is 0.590. The van der Waals surface area contributed by atoms with Crippen LogP contribution in [-0.2, 0) is 0 Å². The van der Waals surface area contributed by atoms with Gasteiger partial charge in [0.1, 0.15) is 10.5 Å². The van der Waals surface area contributed by atoms with Crippen molar-refractivity contribution < 1.29 is 10.1 Å². The van der Waals surface area contributed by atoms with E-state index >= 15 is 0 Å². The summed E-state index contributed by atoms with van der Waals surface area (Å²) in [6, 6.07) is 2.34. The Morgan fingerprint density at radius 2 is 2.19 bits per heavy atom. The van der Waals surface area contributed by atoms with Gasteiger partial charge in [0.15, 0.2) is 0 Å². The minimum absolute atomic E-state index is 0.0298. The summed E-state index contributed by atoms with van der Waals surface area (Å²) in [5.74, 6) is 0. The van der Waals surface area contributed by atoms with Gasteiger partial charge in [-0.05, 0) is 16.1 Å². The summed E-state index contributed by atoms with van der Waals surface area (Å²) in [6.45, 7) is 0. The lowest BCUT2D eigenvalue weighted by Gasteiger charge is -2.00. The van der Waals surface area contributed by atoms with Crippen LogP contribution in [0.3, 0.4) is 0 Å². The molecule has 82 valence electrons. The third-order valence-electron chi connectivity index (χ3n) is 1.93. The SMILES string of the molecule is O=c1c2c(Cl)c([N+](=O)[O-])ccc2nnn1O. The van der Waals surface area contributed by atoms with E-state index in [2.05, 4.69) is 10.3 Å². The van der Waals surface area contributed by atoms with E-state index in [1.165, 1.54) is 6.07 Å². The zero-order chi connectivity index (χ0) is 11.9. The Balaban J connectivity index is 2.98. The third kappa shape index (κ3) is 1.36. The quantitative estimate of drug-likeness (QED) is 0.445. The molecule has 0 bridgehead atoms. The fourth-order valence-corrected chi connectivity index (χ4v) is 1.52. The maximum absolute atomic E-state index is 11.4. The van der Waals surface area contributed by atoms with Crippen molar-refractivity contribution in [1.29, 1.82) is 0 Å². The van der Waals surface area contributed by atoms with Crippen LogP contribution < -0.4 is 5.56 Å². The van der Waals surface area contributed by atoms with Crippen LogP contribution in [0.15, 0.2) is 16.9 Å². The Morgan fingerprint density at radius 1 is 1.50 bits per heavy atom. The van der Waals surface area contributed by atoms with E-state index in [0.717, 1.165) is 6.07 Å². The number of nitro benzene ring substituents is 1. The van der Waals surface area contributed by atoms with Crippen molar-refractivity contribution >= 4 is 28.2 Å². The number of hydrogen-bond donors (Lipinski definition) is 1. The van der Waals surface area contributed by atoms with Crippen LogP contribution in [0.5, 0.6) is 0 Å². The number of rotatable bonds is 1. The first-order chi connectivity index (χ1) is 7.52. The van der Waals surface area contributed by atoms with Gasteiger partial charge < -0.3 is 5.21 Å². The summed E-state index contributed by atoms with van der Waals surface area (Å²) in [6.07, 6.45) is 0. The molecule has 0 saturated heterocycles. The van der Waals surface area contributed by atoms with Crippen molar-refractivity contribution in [1.82, 2.24) is 15.2 Å². The molecule has 9 heteroatoms. The van der Waals surface area contributed by atoms with E-state index in [1.54, 1.807) is 0 Å². The number of nitro groups is 1. The lowest BCUT2D eigenvalue weighted by Crippen LogP contribution is -2.22. The number of nitrogens with zero attached hydrogens (tertiary/aromatic N) is 4. The Hall–Kier alpha value is -2.22. The van der Waals surface area contributed by atoms with Crippen LogP contribution >= 0.6 is 11.6 Å². The summed E-state index contributed by atoms with van der Waals surface area (Å²) >= 11 is 5.68. The van der Waals surface area contributed by atoms with Crippen LogP contribution in [-0.4, -0.2) is 25.3 Å². The highest BCUT2D eigenvalue weighted by Crippen LogP contribution is 2.28. The highest BCUT2D eigenvalue weighted by atomic mass is 35.5. The molecule has 2 aromatic rings. The molecule has 1 aromatic carbocycles. The van der Waals surface area contributed by atoms with Gasteiger partial charge >= 0.3 is 5.56 Å². The molecule has 0 unspecified atom stereocenters. The van der Waals surface area contributed by atoms with Crippen LogP contribution in [0.4, 0.5) is 5.69 Å². The Morgan fingerprint density at radius 3 is 2.81 bits per heavy atom. The molecule has 0 spiro atoms. The van der Waals surface area contributed by atoms with Gasteiger partial charge in [-0.3, -0.25) is 14.9 Å². The number of halogens is 1. The lowest BCUT2D eigenvalue weighted by molar-refractivity contribution is -0.384. The summed E-state index contributed by atoms with van der Waals surface area (Å²) in [4.78, 5) is 21.2. The lowest BCUT2D eigenvalue weighted by atomic mass is 10.2. The minimum atomic E-state index is -0.960. The number of fused-ring (bicyclic) bond motifs is 1. The maximum atomic E-state index is 11.4. The second-order valence-corrected chi connectivity index (χ2v) is 3.21. The summed E-state index contributed by atoms with van der Waals surface area (Å²) < 4.78 is 0. The third-order valence-corrected chi connectivity index (χ3v) is 2.31. The normalized spacial score (nSPS) is 10.6. The van der Waals surface area contributed by atoms with Gasteiger partial charge in [0.2, 0.25) is 0 Å². The first-order valence-corrected chi connectivity index (χ1v) is 4.32. The van der Waals surface area contributed by atoms with Crippen molar-refractivity contribution in [2.75, 3.05) is 0 Å². The second-order valence-electron chi connectivity index (χ2n) is 2.83. The largest absolute Gasteiger partial charge is 0.407 e. The molecule has 0 radical (unpaired) electrons. The molecular formula is C7H3ClN4O4. The fraction of sp³-hybridized carbons (Fsp3) is 0. The van der Waals surface area contributed by atoms with Crippen LogP contribution in [0.25, 0.3) is 10.9 Å². The van der Waals surface area contributed by atoms with Gasteiger partial charge in [-0.25, -0.2) is 0 Å². The van der Waals surface area contributed by atoms with Gasteiger partial charge in [-0.2, -0.15) is 0 Å². The zero-order valence-electron chi connectivity index (χ0n) is 7.49. The van der Waals surface area contributed by atoms with E-state index in [0.29, 0.717) is 0 Å². The Kier molecular flexibility index (Phi) is 2.20. The maximum Gasteiger partial charge on any atom is 0.315 e. The Bertz CT molecular complexity index is 653. The monoisotopic (exact) mass is 242 g/mol. The molecule has 1 N–H and O–H groups in total. The van der Waals surface area contributed by atoms with Gasteiger partial charge in [0, 0.05) is 6.07 Å². The molecule has 0 amide bonds. The first kappa shape index (κ1) is 10.3. The van der Waals surface area contributed by atoms with Crippen molar-refractivity contribution in [3.8, 4) is 0 Å². The van der Waals surface area contributed by atoms with Gasteiger partial charge in [-0.15, -0.1) is 5.10 Å². The summed E-state index contributed by atoms with van der Waals surface area (Å²) in [5, 5.41) is 25.5. The Labute approximate surface area is 91.8 Å². The molecule has 0 aliphatic heterocycles. The molecule has 0 aliphatic carbocycles. The molecule has 0 aliphatic rings. The zero-order valence-corrected chi connectivity index (χ0v) is 8.25. The number of hydrogen-bond acceptors (Lipinski definition) is 6. The van der Waals surface area contributed by atoms with Gasteiger partial charge in [-0.1, -0.05) is 11.6 Å². The van der Waals surface area contributed by atoms with Crippen molar-refractivity contribution in [2.45, 2.75) is 0 Å². The van der Waals surface area contributed by atoms with Gasteiger partial charge in [0.05, 0.1) is 10.3 Å². The highest BCUT2D eigenvalue weighted by Gasteiger charge is 2.19. The fourth-order valence-electron chi connectivity index (χ4n) is 1.21. The number of aromatic nitrogens is 3. The number of benzene rings is 1. The molecule has 0 atom stereocenters. The second kappa shape index (κ2) is 3.42. The molecule has 1 aromatic heterocycles. The molecular weight excluding hydrogens is 240 g/mol. The average Bonchev–Trinajstić information content (AvgIpc) is 2.23. The summed E-state index contributed by atoms with van der Waals surface area (Å²) in [5.41, 5.74) is -1.32. The van der Waals surface area contributed by atoms with E-state index in [9.17, 15) is 14.9 Å². The molecule has 16 heavy (non-hydrogen) atoms. The van der Waals surface area contributed by atoms with E-state index in [1.807, 2.05) is 0 Å². The van der Waals surface area contributed by atoms with Crippen molar-refractivity contribution in [2.24, 2.45) is 0 Å². The highest BCUT2D eigenvalue weighted by molar-refractivity contribution is 6.37. The van der Waals surface area contributed by atoms with Crippen molar-refractivity contribution in [3.63, 3.8) is 0 Å². The smallest absolute Gasteiger partial charge is 0.315 e. The molecule has 0 saturated carbocycles. The average molecular weight is 243 g/mol.